The summed E-state index contributed by atoms with van der Waals surface area (Å²) < 4.78 is 13.0. The number of carbonyl (C=O) groups excluding carboxylic acids is 1. The number of benzene rings is 2. The van der Waals surface area contributed by atoms with Crippen molar-refractivity contribution >= 4 is 52.0 Å². The van der Waals surface area contributed by atoms with Gasteiger partial charge in [0, 0.05) is 36.8 Å². The van der Waals surface area contributed by atoms with Crippen molar-refractivity contribution in [2.24, 2.45) is 5.92 Å². The summed E-state index contributed by atoms with van der Waals surface area (Å²) in [6, 6.07) is 9.27. The fourth-order valence-corrected chi connectivity index (χ4v) is 6.13. The van der Waals surface area contributed by atoms with Gasteiger partial charge in [-0.2, -0.15) is 0 Å². The van der Waals surface area contributed by atoms with E-state index in [1.165, 1.54) is 27.9 Å². The monoisotopic (exact) mass is 667 g/mol. The number of carboxylic acids is 2. The van der Waals surface area contributed by atoms with Gasteiger partial charge in [-0.25, -0.2) is 19.4 Å². The van der Waals surface area contributed by atoms with E-state index >= 15 is 0 Å². The number of aliphatic hydroxyl groups is 2. The van der Waals surface area contributed by atoms with Gasteiger partial charge in [-0.15, -0.1) is 6.42 Å². The Bertz CT molecular complexity index is 1720. The highest BCUT2D eigenvalue weighted by Crippen LogP contribution is 2.41. The van der Waals surface area contributed by atoms with Crippen LogP contribution >= 0.6 is 11.6 Å². The van der Waals surface area contributed by atoms with Crippen LogP contribution in [0, 0.1) is 18.3 Å². The average molecular weight is 668 g/mol. The molecule has 1 aliphatic carbocycles. The second kappa shape index (κ2) is 12.7. The molecule has 47 heavy (non-hydrogen) atoms. The van der Waals surface area contributed by atoms with Crippen molar-refractivity contribution in [2.45, 2.75) is 55.3 Å². The molecule has 2 saturated heterocycles. The van der Waals surface area contributed by atoms with E-state index < -0.39 is 54.6 Å². The molecule has 2 amide bonds. The molecule has 0 bridgehead atoms. The van der Waals surface area contributed by atoms with E-state index in [2.05, 4.69) is 21.5 Å². The highest BCUT2D eigenvalue weighted by atomic mass is 35.5. The molecule has 1 aromatic heterocycles. The third-order valence-corrected chi connectivity index (χ3v) is 9.11. The number of hydrogen-bond donors (Lipinski definition) is 6. The van der Waals surface area contributed by atoms with Crippen LogP contribution < -0.4 is 15.5 Å². The minimum atomic E-state index is -2.82. The minimum Gasteiger partial charge on any atom is -0.479 e. The van der Waals surface area contributed by atoms with Gasteiger partial charge in [0.05, 0.1) is 24.1 Å². The van der Waals surface area contributed by atoms with E-state index in [0.717, 1.165) is 25.8 Å². The van der Waals surface area contributed by atoms with Crippen LogP contribution in [0.5, 0.6) is 0 Å². The smallest absolute Gasteiger partial charge is 0.348 e. The second-order valence-corrected chi connectivity index (χ2v) is 12.5. The van der Waals surface area contributed by atoms with Gasteiger partial charge in [-0.3, -0.25) is 4.90 Å². The number of aliphatic hydroxyl groups excluding tert-OH is 1. The van der Waals surface area contributed by atoms with Gasteiger partial charge in [0.2, 0.25) is 0 Å². The van der Waals surface area contributed by atoms with E-state index in [-0.39, 0.29) is 6.03 Å². The molecule has 0 radical (unpaired) electrons. The van der Waals surface area contributed by atoms with Crippen LogP contribution in [0.25, 0.3) is 11.0 Å². The molecular weight excluding hydrogens is 634 g/mol. The lowest BCUT2D eigenvalue weighted by molar-refractivity contribution is -0.191. The summed E-state index contributed by atoms with van der Waals surface area (Å²) in [5.41, 5.74) is -2.68. The number of nitrogens with zero attached hydrogens (tertiary/aromatic N) is 3. The van der Waals surface area contributed by atoms with E-state index in [1.807, 2.05) is 0 Å². The van der Waals surface area contributed by atoms with Crippen LogP contribution in [0.1, 0.15) is 31.1 Å². The molecule has 0 unspecified atom stereocenters. The zero-order valence-corrected chi connectivity index (χ0v) is 25.9. The van der Waals surface area contributed by atoms with E-state index in [1.54, 1.807) is 24.3 Å². The number of hydrogen-bond acceptors (Lipinski definition) is 9. The second-order valence-electron chi connectivity index (χ2n) is 12.1. The summed E-state index contributed by atoms with van der Waals surface area (Å²) in [4.78, 5) is 43.2. The number of carboxylic acid groups (broad SMARTS) is 2. The van der Waals surface area contributed by atoms with Gasteiger partial charge in [-0.05, 0) is 55.0 Å². The molecule has 15 heteroatoms. The maximum atomic E-state index is 12.5. The predicted octanol–water partition coefficient (Wildman–Crippen LogP) is 2.22. The Balaban J connectivity index is 1.23. The van der Waals surface area contributed by atoms with Crippen LogP contribution in [0.2, 0.25) is 5.02 Å². The molecule has 3 aliphatic rings. The van der Waals surface area contributed by atoms with Gasteiger partial charge in [-0.1, -0.05) is 29.7 Å². The normalized spacial score (nSPS) is 24.6. The van der Waals surface area contributed by atoms with Crippen LogP contribution in [0.3, 0.4) is 0 Å². The van der Waals surface area contributed by atoms with Crippen molar-refractivity contribution in [3.05, 3.63) is 53.3 Å². The number of urea groups is 1. The number of aliphatic carboxylic acids is 2. The van der Waals surface area contributed by atoms with E-state index in [9.17, 15) is 34.8 Å². The van der Waals surface area contributed by atoms with Crippen LogP contribution in [0.4, 0.5) is 16.2 Å². The molecule has 2 aromatic carbocycles. The first kappa shape index (κ1) is 32.5. The zero-order chi connectivity index (χ0) is 33.5. The highest BCUT2D eigenvalue weighted by Gasteiger charge is 2.57. The minimum absolute atomic E-state index is 0.270. The molecule has 6 rings (SSSR count). The Hall–Kier alpha value is -4.39. The number of fused-ring (bicyclic) bond motifs is 1. The molecule has 0 spiro atoms. The number of carbonyl (C=O) groups is 3. The van der Waals surface area contributed by atoms with E-state index in [4.69, 9.17) is 27.5 Å². The average Bonchev–Trinajstić information content (AvgIpc) is 3.74. The Labute approximate surface area is 274 Å². The van der Waals surface area contributed by atoms with Crippen LogP contribution in [-0.2, 0) is 25.5 Å². The zero-order valence-electron chi connectivity index (χ0n) is 25.1. The van der Waals surface area contributed by atoms with Crippen molar-refractivity contribution < 1.29 is 44.3 Å². The van der Waals surface area contributed by atoms with Crippen molar-refractivity contribution in [2.75, 3.05) is 36.5 Å². The summed E-state index contributed by atoms with van der Waals surface area (Å²) in [7, 11) is 0. The predicted molar refractivity (Wildman–Crippen MR) is 169 cm³/mol. The number of amides is 2. The van der Waals surface area contributed by atoms with Crippen molar-refractivity contribution in [3.63, 3.8) is 0 Å². The molecular formula is C32H34ClN5O9. The van der Waals surface area contributed by atoms with Gasteiger partial charge < -0.3 is 45.1 Å². The van der Waals surface area contributed by atoms with Gasteiger partial charge in [0.25, 0.3) is 5.60 Å². The first-order valence-corrected chi connectivity index (χ1v) is 15.5. The molecule has 3 fully saturated rings. The highest BCUT2D eigenvalue weighted by molar-refractivity contribution is 6.31. The maximum absolute atomic E-state index is 12.5. The molecule has 2 aliphatic heterocycles. The van der Waals surface area contributed by atoms with Crippen molar-refractivity contribution in [3.8, 4) is 12.3 Å². The van der Waals surface area contributed by atoms with Crippen molar-refractivity contribution in [1.29, 1.82) is 0 Å². The summed E-state index contributed by atoms with van der Waals surface area (Å²) in [6.07, 6.45) is 4.85. The maximum Gasteiger partial charge on any atom is 0.348 e. The fourth-order valence-electron chi connectivity index (χ4n) is 5.92. The van der Waals surface area contributed by atoms with E-state index in [0.29, 0.717) is 52.0 Å². The number of anilines is 2. The van der Waals surface area contributed by atoms with Gasteiger partial charge >= 0.3 is 18.0 Å². The first-order chi connectivity index (χ1) is 22.5. The van der Waals surface area contributed by atoms with Crippen LogP contribution in [0.15, 0.2) is 42.7 Å². The molecule has 3 aromatic rings. The number of rotatable bonds is 12. The number of halogens is 1. The summed E-state index contributed by atoms with van der Waals surface area (Å²) in [5.74, 6) is -0.904. The summed E-state index contributed by atoms with van der Waals surface area (Å²) in [5, 5.41) is 49.3. The van der Waals surface area contributed by atoms with Crippen LogP contribution in [-0.4, -0.2) is 97.6 Å². The third-order valence-electron chi connectivity index (χ3n) is 8.90. The SMILES string of the molecule is C#C[C@@]1(O)[C@@H](COC(Cc2ccc(N3CCCNC3=O)cc2)(C(=O)O)C(=O)O)O[C@@H](n2cnc3c(NCC4CC4)cc(Cl)cc32)[C@@H]1O. The lowest BCUT2D eigenvalue weighted by atomic mass is 9.91. The molecule has 1 saturated carbocycles. The molecule has 6 N–H and O–H groups in total. The van der Waals surface area contributed by atoms with Gasteiger partial charge in [0.15, 0.2) is 11.8 Å². The molecule has 14 nitrogen and oxygen atoms in total. The molecule has 4 atom stereocenters. The number of imidazole rings is 1. The lowest BCUT2D eigenvalue weighted by Gasteiger charge is -2.30. The summed E-state index contributed by atoms with van der Waals surface area (Å²) in [6.45, 7) is 0.999. The molecule has 248 valence electrons. The quantitative estimate of drug-likeness (QED) is 0.122. The van der Waals surface area contributed by atoms with Crippen molar-refractivity contribution in [1.82, 2.24) is 14.9 Å². The summed E-state index contributed by atoms with van der Waals surface area (Å²) >= 11 is 6.40. The first-order valence-electron chi connectivity index (χ1n) is 15.2. The Kier molecular flexibility index (Phi) is 8.77. The standard InChI is InChI=1S/C32H34ClN5O9/c1-2-31(45)24(47-27(26(31)39)38-17-36-25-22(35-15-19-4-5-19)12-20(33)13-23(25)38)16-46-32(28(40)41,29(42)43)14-18-6-8-21(9-7-18)37-11-3-10-34-30(37)44/h1,6-9,12-13,17,19,24,26-27,35,39,45H,3-5,10-11,14-16H2,(H,34,44)(H,40,41)(H,42,43)/t24-,26+,27-,31-/m1/s1. The number of terminal acetylenes is 1. The number of nitrogens with one attached hydrogen (secondary N) is 2. The Morgan fingerprint density at radius 2 is 1.96 bits per heavy atom. The third kappa shape index (κ3) is 6.08. The fraction of sp³-hybridized carbons (Fsp3) is 0.438. The Morgan fingerprint density at radius 3 is 2.60 bits per heavy atom. The number of ether oxygens (including phenoxy) is 2. The number of aromatic nitrogens is 2. The topological polar surface area (TPSA) is 196 Å². The molecule has 3 heterocycles. The van der Waals surface area contributed by atoms with Gasteiger partial charge in [0.1, 0.15) is 17.7 Å². The Morgan fingerprint density at radius 1 is 1.23 bits per heavy atom. The lowest BCUT2D eigenvalue weighted by Crippen LogP contribution is -2.55. The largest absolute Gasteiger partial charge is 0.479 e.